The number of aryl methyl sites for hydroxylation is 2. The predicted octanol–water partition coefficient (Wildman–Crippen LogP) is 2.28. The van der Waals surface area contributed by atoms with Crippen LogP contribution in [0.1, 0.15) is 37.5 Å². The molecular weight excluding hydrogens is 294 g/mol. The molecule has 0 aliphatic rings. The van der Waals surface area contributed by atoms with Crippen LogP contribution in [-0.2, 0) is 4.79 Å². The number of carbonyl (C=O) groups is 1. The summed E-state index contributed by atoms with van der Waals surface area (Å²) in [5, 5.41) is 0. The molecule has 0 aliphatic carbocycles. The van der Waals surface area contributed by atoms with Crippen molar-refractivity contribution in [1.82, 2.24) is 4.98 Å². The van der Waals surface area contributed by atoms with Crippen molar-refractivity contribution in [2.24, 2.45) is 5.41 Å². The average Bonchev–Trinajstić information content (AvgIpc) is 2.73. The first-order valence-electron chi connectivity index (χ1n) is 7.21. The second kappa shape index (κ2) is 6.05. The first-order valence-corrected chi connectivity index (χ1v) is 8.03. The molecule has 0 atom stereocenters. The molecule has 22 heavy (non-hydrogen) atoms. The van der Waals surface area contributed by atoms with Crippen molar-refractivity contribution < 1.29 is 4.79 Å². The summed E-state index contributed by atoms with van der Waals surface area (Å²) in [5.74, 6) is 0.00253. The number of H-pyrrole nitrogens is 1. The SMILES string of the molecule is Cc1ccc(/C=c2/s/c(=C\C(=O)C(C)(C)C)[nH]c2=O)cc1C. The van der Waals surface area contributed by atoms with Crippen molar-refractivity contribution in [2.75, 3.05) is 0 Å². The number of benzene rings is 1. The van der Waals surface area contributed by atoms with E-state index in [9.17, 15) is 9.59 Å². The predicted molar refractivity (Wildman–Crippen MR) is 92.6 cm³/mol. The number of carbonyl (C=O) groups excluding carboxylic acids is 1. The zero-order valence-electron chi connectivity index (χ0n) is 13.6. The quantitative estimate of drug-likeness (QED) is 0.924. The van der Waals surface area contributed by atoms with Crippen LogP contribution in [0, 0.1) is 19.3 Å². The number of hydrogen-bond donors (Lipinski definition) is 1. The zero-order valence-corrected chi connectivity index (χ0v) is 14.4. The molecule has 0 saturated carbocycles. The summed E-state index contributed by atoms with van der Waals surface area (Å²) in [6.45, 7) is 9.69. The van der Waals surface area contributed by atoms with Crippen molar-refractivity contribution in [2.45, 2.75) is 34.6 Å². The van der Waals surface area contributed by atoms with Crippen LogP contribution >= 0.6 is 11.3 Å². The molecule has 2 rings (SSSR count). The lowest BCUT2D eigenvalue weighted by Crippen LogP contribution is -2.22. The van der Waals surface area contributed by atoms with E-state index in [4.69, 9.17) is 0 Å². The fraction of sp³-hybridized carbons (Fsp3) is 0.333. The third-order valence-electron chi connectivity index (χ3n) is 3.51. The maximum Gasteiger partial charge on any atom is 0.266 e. The number of thiazole rings is 1. The minimum absolute atomic E-state index is 0.00253. The molecule has 0 unspecified atom stereocenters. The third-order valence-corrected chi connectivity index (χ3v) is 4.47. The number of aromatic nitrogens is 1. The number of Topliss-reactive ketones (excluding diaryl/α,β-unsaturated/α-hetero) is 1. The maximum atomic E-state index is 12.0. The molecule has 1 aromatic heterocycles. The van der Waals surface area contributed by atoms with E-state index in [1.165, 1.54) is 28.5 Å². The molecule has 4 heteroatoms. The van der Waals surface area contributed by atoms with Crippen molar-refractivity contribution in [1.29, 1.82) is 0 Å². The molecule has 1 aromatic carbocycles. The number of nitrogens with one attached hydrogen (secondary N) is 1. The van der Waals surface area contributed by atoms with Crippen LogP contribution in [0.4, 0.5) is 0 Å². The standard InChI is InChI=1S/C18H21NO2S/c1-11-6-7-13(8-12(11)2)9-14-17(21)19-16(22-14)10-15(20)18(3,4)5/h6-10H,1-5H3,(H,19,21)/b14-9+,16-10-. The number of hydrogen-bond acceptors (Lipinski definition) is 3. The molecule has 0 spiro atoms. The minimum Gasteiger partial charge on any atom is -0.313 e. The van der Waals surface area contributed by atoms with Gasteiger partial charge in [0, 0.05) is 11.5 Å². The molecule has 116 valence electrons. The summed E-state index contributed by atoms with van der Waals surface area (Å²) in [4.78, 5) is 26.8. The van der Waals surface area contributed by atoms with Gasteiger partial charge < -0.3 is 4.98 Å². The highest BCUT2D eigenvalue weighted by Crippen LogP contribution is 2.14. The Bertz CT molecular complexity index is 879. The molecule has 0 aliphatic heterocycles. The van der Waals surface area contributed by atoms with Crippen molar-refractivity contribution >= 4 is 29.3 Å². The van der Waals surface area contributed by atoms with Gasteiger partial charge in [-0.15, -0.1) is 11.3 Å². The van der Waals surface area contributed by atoms with Crippen LogP contribution in [0.2, 0.25) is 0 Å². The van der Waals surface area contributed by atoms with E-state index >= 15 is 0 Å². The molecular formula is C18H21NO2S. The first kappa shape index (κ1) is 16.4. The monoisotopic (exact) mass is 315 g/mol. The molecule has 0 bridgehead atoms. The van der Waals surface area contributed by atoms with E-state index in [-0.39, 0.29) is 11.3 Å². The molecule has 3 nitrogen and oxygen atoms in total. The Morgan fingerprint density at radius 3 is 2.45 bits per heavy atom. The van der Waals surface area contributed by atoms with E-state index in [0.29, 0.717) is 9.20 Å². The Balaban J connectivity index is 2.48. The van der Waals surface area contributed by atoms with Crippen LogP contribution in [0.3, 0.4) is 0 Å². The van der Waals surface area contributed by atoms with Crippen molar-refractivity contribution in [3.8, 4) is 0 Å². The van der Waals surface area contributed by atoms with Gasteiger partial charge in [0.2, 0.25) is 0 Å². The summed E-state index contributed by atoms with van der Waals surface area (Å²) >= 11 is 1.31. The molecule has 1 N–H and O–H groups in total. The third kappa shape index (κ3) is 3.83. The number of ketones is 1. The number of rotatable bonds is 2. The van der Waals surface area contributed by atoms with Crippen LogP contribution in [0.5, 0.6) is 0 Å². The van der Waals surface area contributed by atoms with Gasteiger partial charge in [-0.2, -0.15) is 0 Å². The summed E-state index contributed by atoms with van der Waals surface area (Å²) in [7, 11) is 0. The van der Waals surface area contributed by atoms with Gasteiger partial charge in [-0.05, 0) is 36.6 Å². The van der Waals surface area contributed by atoms with E-state index in [2.05, 4.69) is 18.0 Å². The Kier molecular flexibility index (Phi) is 4.52. The highest BCUT2D eigenvalue weighted by molar-refractivity contribution is 7.07. The van der Waals surface area contributed by atoms with E-state index < -0.39 is 5.41 Å². The highest BCUT2D eigenvalue weighted by Gasteiger charge is 2.18. The Labute approximate surface area is 134 Å². The number of aromatic amines is 1. The van der Waals surface area contributed by atoms with Gasteiger partial charge >= 0.3 is 0 Å². The van der Waals surface area contributed by atoms with Gasteiger partial charge in [-0.3, -0.25) is 9.59 Å². The Hall–Kier alpha value is -1.94. The summed E-state index contributed by atoms with van der Waals surface area (Å²) in [6.07, 6.45) is 3.37. The fourth-order valence-corrected chi connectivity index (χ4v) is 2.75. The molecule has 0 saturated heterocycles. The Morgan fingerprint density at radius 1 is 1.18 bits per heavy atom. The van der Waals surface area contributed by atoms with Crippen molar-refractivity contribution in [3.63, 3.8) is 0 Å². The largest absolute Gasteiger partial charge is 0.313 e. The average molecular weight is 315 g/mol. The second-order valence-corrected chi connectivity index (χ2v) is 7.62. The van der Waals surface area contributed by atoms with E-state index in [1.54, 1.807) is 0 Å². The Morgan fingerprint density at radius 2 is 1.86 bits per heavy atom. The first-order chi connectivity index (χ1) is 10.2. The lowest BCUT2D eigenvalue weighted by molar-refractivity contribution is -0.119. The molecule has 0 radical (unpaired) electrons. The van der Waals surface area contributed by atoms with Crippen LogP contribution < -0.4 is 14.8 Å². The van der Waals surface area contributed by atoms with Crippen LogP contribution in [0.25, 0.3) is 12.2 Å². The summed E-state index contributed by atoms with van der Waals surface area (Å²) in [6, 6.07) is 6.09. The normalized spacial score (nSPS) is 13.7. The highest BCUT2D eigenvalue weighted by atomic mass is 32.1. The van der Waals surface area contributed by atoms with Crippen molar-refractivity contribution in [3.05, 3.63) is 54.4 Å². The minimum atomic E-state index is -0.446. The molecule has 0 fully saturated rings. The second-order valence-electron chi connectivity index (χ2n) is 6.53. The van der Waals surface area contributed by atoms with Gasteiger partial charge in [0.15, 0.2) is 5.78 Å². The zero-order chi connectivity index (χ0) is 16.5. The van der Waals surface area contributed by atoms with Gasteiger partial charge in [-0.1, -0.05) is 39.0 Å². The molecule has 2 aromatic rings. The van der Waals surface area contributed by atoms with Gasteiger partial charge in [0.05, 0.1) is 9.20 Å². The fourth-order valence-electron chi connectivity index (χ4n) is 1.87. The van der Waals surface area contributed by atoms with Gasteiger partial charge in [0.1, 0.15) is 0 Å². The lowest BCUT2D eigenvalue weighted by Gasteiger charge is -2.12. The smallest absolute Gasteiger partial charge is 0.266 e. The van der Waals surface area contributed by atoms with E-state index in [1.807, 2.05) is 45.9 Å². The van der Waals surface area contributed by atoms with Crippen LogP contribution in [-0.4, -0.2) is 10.8 Å². The summed E-state index contributed by atoms with van der Waals surface area (Å²) < 4.78 is 1.20. The molecule has 0 amide bonds. The van der Waals surface area contributed by atoms with Crippen LogP contribution in [0.15, 0.2) is 23.0 Å². The lowest BCUT2D eigenvalue weighted by atomic mass is 9.91. The van der Waals surface area contributed by atoms with Gasteiger partial charge in [0.25, 0.3) is 5.56 Å². The van der Waals surface area contributed by atoms with Gasteiger partial charge in [-0.25, -0.2) is 0 Å². The summed E-state index contributed by atoms with van der Waals surface area (Å²) in [5.41, 5.74) is 2.80. The van der Waals surface area contributed by atoms with E-state index in [0.717, 1.165) is 5.56 Å². The maximum absolute atomic E-state index is 12.0. The topological polar surface area (TPSA) is 49.9 Å². The molecule has 1 heterocycles.